The first-order chi connectivity index (χ1) is 27.9. The molecule has 1 N–H and O–H groups in total. The van der Waals surface area contributed by atoms with Crippen LogP contribution < -0.4 is 5.32 Å². The van der Waals surface area contributed by atoms with Crippen molar-refractivity contribution in [1.82, 2.24) is 25.0 Å². The van der Waals surface area contributed by atoms with Gasteiger partial charge in [-0.1, -0.05) is 102 Å². The first-order valence-corrected chi connectivity index (χ1v) is 19.9. The predicted molar refractivity (Wildman–Crippen MR) is 212 cm³/mol. The lowest BCUT2D eigenvalue weighted by atomic mass is 10.1. The number of esters is 3. The van der Waals surface area contributed by atoms with Gasteiger partial charge >= 0.3 is 17.9 Å². The molecule has 15 heteroatoms. The van der Waals surface area contributed by atoms with E-state index in [2.05, 4.69) is 22.6 Å². The minimum absolute atomic E-state index is 0.0752. The first kappa shape index (κ1) is 38.1. The van der Waals surface area contributed by atoms with E-state index >= 15 is 0 Å². The summed E-state index contributed by atoms with van der Waals surface area (Å²) in [6, 6.07) is 33.2. The maximum absolute atomic E-state index is 13.8. The summed E-state index contributed by atoms with van der Waals surface area (Å²) in [6.45, 7) is 1.72. The zero-order chi connectivity index (χ0) is 39.3. The van der Waals surface area contributed by atoms with Gasteiger partial charge in [-0.2, -0.15) is 4.68 Å². The molecule has 13 nitrogen and oxygen atoms in total. The Bertz CT molecular complexity index is 2350. The van der Waals surface area contributed by atoms with E-state index < -0.39 is 42.4 Å². The van der Waals surface area contributed by atoms with Crippen LogP contribution in [-0.2, 0) is 18.9 Å². The Hall–Kier alpha value is -5.83. The number of thioether (sulfide) groups is 1. The Kier molecular flexibility index (Phi) is 11.4. The van der Waals surface area contributed by atoms with Gasteiger partial charge in [0.25, 0.3) is 0 Å². The fraction of sp³-hybridized carbons (Fsp3) is 0.262. The van der Waals surface area contributed by atoms with Crippen LogP contribution in [0.4, 0.5) is 5.82 Å². The molecule has 290 valence electrons. The molecule has 6 atom stereocenters. The summed E-state index contributed by atoms with van der Waals surface area (Å²) in [5.74, 6) is -0.513. The molecule has 0 unspecified atom stereocenters. The number of rotatable bonds is 14. The average molecular weight is 805 g/mol. The summed E-state index contributed by atoms with van der Waals surface area (Å²) in [4.78, 5) is 50.3. The van der Waals surface area contributed by atoms with Gasteiger partial charge in [0.15, 0.2) is 40.6 Å². The van der Waals surface area contributed by atoms with Crippen LogP contribution in [-0.4, -0.2) is 79.6 Å². The number of nitrogens with one attached hydrogen (secondary N) is 1. The van der Waals surface area contributed by atoms with Crippen molar-refractivity contribution in [3.63, 3.8) is 0 Å². The van der Waals surface area contributed by atoms with Crippen LogP contribution in [0.5, 0.6) is 0 Å². The molecule has 2 aromatic heterocycles. The van der Waals surface area contributed by atoms with Gasteiger partial charge in [0.05, 0.1) is 16.7 Å². The van der Waals surface area contributed by atoms with Crippen molar-refractivity contribution in [2.45, 2.75) is 61.4 Å². The van der Waals surface area contributed by atoms with E-state index in [1.165, 1.54) is 16.4 Å². The molecular formula is C42H37ClN6O7S. The van der Waals surface area contributed by atoms with E-state index in [9.17, 15) is 14.4 Å². The smallest absolute Gasteiger partial charge is 0.338 e. The zero-order valence-electron chi connectivity index (χ0n) is 30.6. The van der Waals surface area contributed by atoms with Crippen molar-refractivity contribution < 1.29 is 33.3 Å². The van der Waals surface area contributed by atoms with Crippen LogP contribution in [0.15, 0.2) is 120 Å². The third-order valence-electron chi connectivity index (χ3n) is 9.57. The van der Waals surface area contributed by atoms with E-state index in [1.807, 2.05) is 24.3 Å². The summed E-state index contributed by atoms with van der Waals surface area (Å²) in [7, 11) is 0. The molecule has 4 aromatic carbocycles. The largest absolute Gasteiger partial charge is 0.459 e. The fourth-order valence-corrected chi connectivity index (χ4v) is 7.42. The standard InChI is InChI=1S/C42H37ClN6O7S/c1-2-22-57-42-45-36(44-31-23-30(31)25-18-20-29(43)21-19-25)33-37(46-42)49(48-47-33)38-35(56-41(52)28-16-10-5-11-17-28)34(55-40(51)27-14-8-4-9-15-27)32(54-38)24-53-39(50)26-12-6-3-7-13-26/h3-21,30-32,34-35,38H,2,22-24H2,1H3,(H,44,45,46)/t30-,31+,32+,34+,35+,38+/m0/s1. The highest BCUT2D eigenvalue weighted by Crippen LogP contribution is 2.44. The lowest BCUT2D eigenvalue weighted by Crippen LogP contribution is -2.41. The second kappa shape index (κ2) is 17.1. The third kappa shape index (κ3) is 8.63. The number of fused-ring (bicyclic) bond motifs is 1. The van der Waals surface area contributed by atoms with Crippen LogP contribution in [0, 0.1) is 0 Å². The number of ether oxygens (including phenoxy) is 4. The zero-order valence-corrected chi connectivity index (χ0v) is 32.2. The minimum Gasteiger partial charge on any atom is -0.459 e. The van der Waals surface area contributed by atoms with Gasteiger partial charge in [0, 0.05) is 22.7 Å². The number of nitrogens with zero attached hydrogens (tertiary/aromatic N) is 5. The molecule has 2 fully saturated rings. The molecular weight excluding hydrogens is 768 g/mol. The second-order valence-electron chi connectivity index (χ2n) is 13.6. The van der Waals surface area contributed by atoms with E-state index in [0.29, 0.717) is 32.7 Å². The Labute approximate surface area is 337 Å². The number of hydrogen-bond acceptors (Lipinski definition) is 13. The number of aromatic nitrogens is 5. The van der Waals surface area contributed by atoms with Crippen LogP contribution in [0.3, 0.4) is 0 Å². The SMILES string of the molecule is CCCSc1nc(N[C@@H]2C[C@H]2c2ccc(Cl)cc2)c2nnn([C@@H]3O[C@H](COC(=O)c4ccccc4)[C@@H](OC(=O)c4ccccc4)[C@H]3OC(=O)c3ccccc3)c2n1. The van der Waals surface area contributed by atoms with E-state index in [1.54, 1.807) is 91.0 Å². The maximum atomic E-state index is 13.8. The Morgan fingerprint density at radius 3 is 2.02 bits per heavy atom. The highest BCUT2D eigenvalue weighted by atomic mass is 35.5. The highest BCUT2D eigenvalue weighted by molar-refractivity contribution is 7.99. The van der Waals surface area contributed by atoms with Crippen molar-refractivity contribution >= 4 is 58.3 Å². The van der Waals surface area contributed by atoms with E-state index in [4.69, 9.17) is 40.5 Å². The van der Waals surface area contributed by atoms with Crippen molar-refractivity contribution in [3.05, 3.63) is 143 Å². The number of carbonyl (C=O) groups excluding carboxylic acids is 3. The quantitative estimate of drug-likeness (QED) is 0.0499. The normalized spacial score (nSPS) is 21.2. The monoisotopic (exact) mass is 804 g/mol. The van der Waals surface area contributed by atoms with Crippen molar-refractivity contribution in [2.75, 3.05) is 17.7 Å². The molecule has 0 bridgehead atoms. The summed E-state index contributed by atoms with van der Waals surface area (Å²) in [6.07, 6.45) is -3.15. The number of hydrogen-bond donors (Lipinski definition) is 1. The molecule has 1 aliphatic heterocycles. The summed E-state index contributed by atoms with van der Waals surface area (Å²) < 4.78 is 26.0. The van der Waals surface area contributed by atoms with Gasteiger partial charge in [0.1, 0.15) is 12.7 Å². The van der Waals surface area contributed by atoms with Gasteiger partial charge in [-0.15, -0.1) is 5.10 Å². The van der Waals surface area contributed by atoms with Crippen LogP contribution in [0.1, 0.15) is 68.5 Å². The number of carbonyl (C=O) groups is 3. The molecule has 8 rings (SSSR count). The maximum Gasteiger partial charge on any atom is 0.338 e. The van der Waals surface area contributed by atoms with Crippen molar-refractivity contribution in [3.8, 4) is 0 Å². The van der Waals surface area contributed by atoms with Gasteiger partial charge in [0.2, 0.25) is 0 Å². The highest BCUT2D eigenvalue weighted by Gasteiger charge is 2.52. The number of benzene rings is 4. The summed E-state index contributed by atoms with van der Waals surface area (Å²) >= 11 is 7.62. The lowest BCUT2D eigenvalue weighted by molar-refractivity contribution is -0.0661. The minimum atomic E-state index is -1.30. The van der Waals surface area contributed by atoms with Crippen LogP contribution in [0.2, 0.25) is 5.02 Å². The average Bonchev–Trinajstić information content (AvgIpc) is 3.76. The Morgan fingerprint density at radius 1 is 0.807 bits per heavy atom. The van der Waals surface area contributed by atoms with Gasteiger partial charge < -0.3 is 24.3 Å². The first-order valence-electron chi connectivity index (χ1n) is 18.5. The summed E-state index contributed by atoms with van der Waals surface area (Å²) in [5, 5.41) is 13.7. The molecule has 1 aliphatic carbocycles. The van der Waals surface area contributed by atoms with E-state index in [0.717, 1.165) is 24.2 Å². The van der Waals surface area contributed by atoms with Crippen molar-refractivity contribution in [1.29, 1.82) is 0 Å². The van der Waals surface area contributed by atoms with Gasteiger partial charge in [-0.05, 0) is 66.9 Å². The molecule has 0 radical (unpaired) electrons. The van der Waals surface area contributed by atoms with Crippen LogP contribution >= 0.6 is 23.4 Å². The third-order valence-corrected chi connectivity index (χ3v) is 10.9. The molecule has 6 aromatic rings. The lowest BCUT2D eigenvalue weighted by Gasteiger charge is -2.24. The number of anilines is 1. The molecule has 0 spiro atoms. The Morgan fingerprint density at radius 2 is 1.40 bits per heavy atom. The molecule has 2 aliphatic rings. The van der Waals surface area contributed by atoms with Gasteiger partial charge in [-0.3, -0.25) is 0 Å². The Balaban J connectivity index is 1.16. The summed E-state index contributed by atoms with van der Waals surface area (Å²) in [5.41, 5.74) is 2.67. The topological polar surface area (TPSA) is 157 Å². The van der Waals surface area contributed by atoms with Crippen molar-refractivity contribution in [2.24, 2.45) is 0 Å². The second-order valence-corrected chi connectivity index (χ2v) is 15.1. The fourth-order valence-electron chi connectivity index (χ4n) is 6.60. The molecule has 3 heterocycles. The molecule has 1 saturated heterocycles. The molecule has 1 saturated carbocycles. The molecule has 0 amide bonds. The number of halogens is 1. The van der Waals surface area contributed by atoms with Crippen LogP contribution in [0.25, 0.3) is 11.2 Å². The van der Waals surface area contributed by atoms with E-state index in [-0.39, 0.29) is 29.7 Å². The predicted octanol–water partition coefficient (Wildman–Crippen LogP) is 7.55. The molecule has 57 heavy (non-hydrogen) atoms. The van der Waals surface area contributed by atoms with Gasteiger partial charge in [-0.25, -0.2) is 24.4 Å².